The van der Waals surface area contributed by atoms with Crippen molar-refractivity contribution in [2.24, 2.45) is 5.41 Å². The van der Waals surface area contributed by atoms with Crippen molar-refractivity contribution in [2.45, 2.75) is 76.7 Å². The third-order valence-corrected chi connectivity index (χ3v) is 8.60. The molecule has 34 heavy (non-hydrogen) atoms. The second-order valence-corrected chi connectivity index (χ2v) is 10.8. The van der Waals surface area contributed by atoms with E-state index in [1.165, 1.54) is 22.3 Å². The number of hydrogen-bond donors (Lipinski definition) is 0. The number of nitriles is 3. The van der Waals surface area contributed by atoms with Crippen molar-refractivity contribution in [1.29, 1.82) is 15.8 Å². The first-order valence-corrected chi connectivity index (χ1v) is 12.1. The topological polar surface area (TPSA) is 80.6 Å². The van der Waals surface area contributed by atoms with Crippen LogP contribution in [-0.4, -0.2) is 6.10 Å². The number of benzene rings is 2. The fourth-order valence-electron chi connectivity index (χ4n) is 6.20. The van der Waals surface area contributed by atoms with Crippen LogP contribution in [0.25, 0.3) is 6.08 Å². The minimum Gasteiger partial charge on any atom is -0.489 e. The molecule has 0 saturated heterocycles. The van der Waals surface area contributed by atoms with Crippen molar-refractivity contribution in [1.82, 2.24) is 0 Å². The summed E-state index contributed by atoms with van der Waals surface area (Å²) < 4.78 is 6.78. The predicted octanol–water partition coefficient (Wildman–Crippen LogP) is 6.00. The number of nitrogens with zero attached hydrogens (tertiary/aromatic N) is 3. The van der Waals surface area contributed by atoms with E-state index in [0.29, 0.717) is 5.56 Å². The Labute approximate surface area is 202 Å². The van der Waals surface area contributed by atoms with Gasteiger partial charge in [-0.2, -0.15) is 15.8 Å². The third kappa shape index (κ3) is 3.01. The van der Waals surface area contributed by atoms with E-state index in [1.807, 2.05) is 31.2 Å². The molecule has 0 radical (unpaired) electrons. The van der Waals surface area contributed by atoms with Crippen LogP contribution in [0.2, 0.25) is 0 Å². The molecule has 1 aliphatic heterocycles. The Morgan fingerprint density at radius 2 is 1.74 bits per heavy atom. The van der Waals surface area contributed by atoms with Gasteiger partial charge in [-0.1, -0.05) is 57.2 Å². The van der Waals surface area contributed by atoms with Crippen molar-refractivity contribution >= 4 is 6.08 Å². The maximum absolute atomic E-state index is 9.73. The SMILES string of the molecule is CCC1(C)C=Cc2c(ccc3c2O[C@@H]2CCc4cc(C)c(C(C#N)(C#N)C#N)cc4[C@]2(C)C3)C1. The molecule has 0 N–H and O–H groups in total. The maximum atomic E-state index is 9.73. The number of fused-ring (bicyclic) bond motifs is 6. The lowest BCUT2D eigenvalue weighted by Gasteiger charge is -2.47. The average Bonchev–Trinajstić information content (AvgIpc) is 2.84. The maximum Gasteiger partial charge on any atom is 0.253 e. The minimum absolute atomic E-state index is 0.00287. The summed E-state index contributed by atoms with van der Waals surface area (Å²) in [6.07, 6.45) is 9.35. The molecule has 0 fully saturated rings. The number of hydrogen-bond acceptors (Lipinski definition) is 4. The molecule has 0 saturated carbocycles. The summed E-state index contributed by atoms with van der Waals surface area (Å²) in [4.78, 5) is 0. The van der Waals surface area contributed by atoms with Gasteiger partial charge in [0, 0.05) is 16.5 Å². The fourth-order valence-corrected chi connectivity index (χ4v) is 6.20. The van der Waals surface area contributed by atoms with Crippen LogP contribution in [-0.2, 0) is 30.1 Å². The number of ether oxygens (including phenoxy) is 1. The van der Waals surface area contributed by atoms with Crippen LogP contribution >= 0.6 is 0 Å². The number of rotatable bonds is 2. The molecular formula is C30H29N3O. The van der Waals surface area contributed by atoms with Gasteiger partial charge in [0.1, 0.15) is 30.1 Å². The van der Waals surface area contributed by atoms with Gasteiger partial charge in [0.05, 0.1) is 0 Å². The summed E-state index contributed by atoms with van der Waals surface area (Å²) in [6.45, 7) is 8.67. The van der Waals surface area contributed by atoms with Crippen LogP contribution in [0, 0.1) is 46.3 Å². The summed E-state index contributed by atoms with van der Waals surface area (Å²) in [5, 5.41) is 29.2. The number of allylic oxidation sites excluding steroid dienone is 1. The first-order valence-electron chi connectivity index (χ1n) is 12.1. The van der Waals surface area contributed by atoms with Crippen LogP contribution < -0.4 is 4.74 Å². The number of aryl methyl sites for hydroxylation is 2. The second kappa shape index (κ2) is 7.48. The molecule has 2 aliphatic carbocycles. The summed E-state index contributed by atoms with van der Waals surface area (Å²) in [6, 6.07) is 14.4. The lowest BCUT2D eigenvalue weighted by molar-refractivity contribution is 0.0770. The van der Waals surface area contributed by atoms with Gasteiger partial charge in [-0.3, -0.25) is 0 Å². The largest absolute Gasteiger partial charge is 0.489 e. The zero-order chi connectivity index (χ0) is 24.3. The van der Waals surface area contributed by atoms with Gasteiger partial charge in [0.25, 0.3) is 5.41 Å². The van der Waals surface area contributed by atoms with Crippen LogP contribution in [0.1, 0.15) is 72.6 Å². The van der Waals surface area contributed by atoms with Gasteiger partial charge in [-0.25, -0.2) is 0 Å². The first kappa shape index (κ1) is 22.3. The molecule has 2 aromatic carbocycles. The highest BCUT2D eigenvalue weighted by atomic mass is 16.5. The van der Waals surface area contributed by atoms with Gasteiger partial charge >= 0.3 is 0 Å². The Hall–Kier alpha value is -3.55. The van der Waals surface area contributed by atoms with E-state index in [2.05, 4.69) is 51.1 Å². The average molecular weight is 448 g/mol. The predicted molar refractivity (Wildman–Crippen MR) is 131 cm³/mol. The smallest absolute Gasteiger partial charge is 0.253 e. The van der Waals surface area contributed by atoms with E-state index in [1.54, 1.807) is 0 Å². The highest BCUT2D eigenvalue weighted by molar-refractivity contribution is 5.68. The highest BCUT2D eigenvalue weighted by Crippen LogP contribution is 2.50. The summed E-state index contributed by atoms with van der Waals surface area (Å²) in [5.41, 5.74) is 5.52. The Morgan fingerprint density at radius 3 is 2.41 bits per heavy atom. The molecule has 2 aromatic rings. The van der Waals surface area contributed by atoms with E-state index >= 15 is 0 Å². The molecule has 3 aliphatic rings. The molecule has 0 amide bonds. The molecule has 4 nitrogen and oxygen atoms in total. The van der Waals surface area contributed by atoms with Crippen LogP contribution in [0.5, 0.6) is 5.75 Å². The summed E-state index contributed by atoms with van der Waals surface area (Å²) >= 11 is 0. The van der Waals surface area contributed by atoms with E-state index in [0.717, 1.165) is 49.0 Å². The minimum atomic E-state index is -1.80. The van der Waals surface area contributed by atoms with Gasteiger partial charge in [-0.05, 0) is 72.3 Å². The molecule has 3 atom stereocenters. The van der Waals surface area contributed by atoms with E-state index in [4.69, 9.17) is 4.74 Å². The Morgan fingerprint density at radius 1 is 1.03 bits per heavy atom. The lowest BCUT2D eigenvalue weighted by atomic mass is 9.63. The quantitative estimate of drug-likeness (QED) is 0.566. The molecule has 1 heterocycles. The Balaban J connectivity index is 1.62. The van der Waals surface area contributed by atoms with Crippen LogP contribution in [0.4, 0.5) is 0 Å². The zero-order valence-corrected chi connectivity index (χ0v) is 20.3. The third-order valence-electron chi connectivity index (χ3n) is 8.60. The highest BCUT2D eigenvalue weighted by Gasteiger charge is 2.47. The van der Waals surface area contributed by atoms with Crippen molar-refractivity contribution < 1.29 is 4.74 Å². The van der Waals surface area contributed by atoms with Crippen molar-refractivity contribution in [2.75, 3.05) is 0 Å². The Bertz CT molecular complexity index is 1330. The summed E-state index contributed by atoms with van der Waals surface area (Å²) in [5.74, 6) is 1.02. The zero-order valence-electron chi connectivity index (χ0n) is 20.3. The molecule has 170 valence electrons. The van der Waals surface area contributed by atoms with Gasteiger partial charge in [0.15, 0.2) is 0 Å². The van der Waals surface area contributed by atoms with Gasteiger partial charge < -0.3 is 4.74 Å². The first-order chi connectivity index (χ1) is 16.2. The van der Waals surface area contributed by atoms with E-state index in [9.17, 15) is 15.8 Å². The molecule has 1 unspecified atom stereocenters. The normalized spacial score (nSPS) is 26.4. The van der Waals surface area contributed by atoms with Crippen LogP contribution in [0.15, 0.2) is 30.3 Å². The lowest BCUT2D eigenvalue weighted by Crippen LogP contribution is -2.49. The molecular weight excluding hydrogens is 418 g/mol. The van der Waals surface area contributed by atoms with Gasteiger partial charge in [-0.15, -0.1) is 0 Å². The standard InChI is InChI=1S/C30H29N3O/c1-5-28(3)11-10-23-21(14-28)6-7-22-15-29(4)25-13-24(30(16-31,17-32)18-33)19(2)12-20(25)8-9-26(29)34-27(22)23/h6-7,10-13,26H,5,8-9,14-15H2,1-4H3/t26-,28?,29+/m1/s1. The molecule has 0 aromatic heterocycles. The van der Waals surface area contributed by atoms with Crippen molar-refractivity contribution in [3.63, 3.8) is 0 Å². The van der Waals surface area contributed by atoms with E-state index < -0.39 is 5.41 Å². The molecule has 5 rings (SSSR count). The van der Waals surface area contributed by atoms with Gasteiger partial charge in [0.2, 0.25) is 0 Å². The molecule has 0 bridgehead atoms. The Kier molecular flexibility index (Phi) is 4.90. The second-order valence-electron chi connectivity index (χ2n) is 10.8. The fraction of sp³-hybridized carbons (Fsp3) is 0.433. The van der Waals surface area contributed by atoms with Crippen molar-refractivity contribution in [3.05, 3.63) is 69.3 Å². The monoisotopic (exact) mass is 447 g/mol. The molecule has 4 heteroatoms. The van der Waals surface area contributed by atoms with Crippen LogP contribution in [0.3, 0.4) is 0 Å². The molecule has 0 spiro atoms. The van der Waals surface area contributed by atoms with Crippen molar-refractivity contribution in [3.8, 4) is 24.0 Å². The summed E-state index contributed by atoms with van der Waals surface area (Å²) in [7, 11) is 0. The van der Waals surface area contributed by atoms with E-state index in [-0.39, 0.29) is 16.9 Å².